The standard InChI is InChI=1S/C25H26N4O5/c1-3-14(2)21(24(32)33)28-22(30)20(12-15-13-26-18-10-6-4-8-16(15)18)29-23(31)17-9-5-7-11-19(17)27-25(29)34/h4-11,13-14,20-21,26H,3,12H2,1-2H3,(H,27,34)(H,28,30)(H,32,33). The van der Waals surface area contributed by atoms with Gasteiger partial charge in [0.2, 0.25) is 5.91 Å². The summed E-state index contributed by atoms with van der Waals surface area (Å²) in [4.78, 5) is 57.5. The van der Waals surface area contributed by atoms with Gasteiger partial charge in [-0.1, -0.05) is 50.6 Å². The lowest BCUT2D eigenvalue weighted by Crippen LogP contribution is -2.51. The number of carboxylic acid groups (broad SMARTS) is 1. The number of nitrogens with one attached hydrogen (secondary N) is 3. The number of para-hydroxylation sites is 2. The van der Waals surface area contributed by atoms with Crippen LogP contribution < -0.4 is 16.6 Å². The first-order valence-corrected chi connectivity index (χ1v) is 11.1. The van der Waals surface area contributed by atoms with E-state index in [0.717, 1.165) is 21.0 Å². The fourth-order valence-electron chi connectivity index (χ4n) is 4.20. The molecule has 0 saturated carbocycles. The number of amides is 1. The number of carbonyl (C=O) groups excluding carboxylic acids is 1. The monoisotopic (exact) mass is 462 g/mol. The summed E-state index contributed by atoms with van der Waals surface area (Å²) in [5.41, 5.74) is 0.585. The Morgan fingerprint density at radius 1 is 1.03 bits per heavy atom. The van der Waals surface area contributed by atoms with Gasteiger partial charge in [0.15, 0.2) is 0 Å². The molecular formula is C25H26N4O5. The van der Waals surface area contributed by atoms with Crippen LogP contribution in [0.15, 0.2) is 64.3 Å². The molecule has 4 N–H and O–H groups in total. The van der Waals surface area contributed by atoms with Crippen LogP contribution in [0.4, 0.5) is 0 Å². The topological polar surface area (TPSA) is 137 Å². The quantitative estimate of drug-likeness (QED) is 0.319. The van der Waals surface area contributed by atoms with Gasteiger partial charge in [-0.3, -0.25) is 9.59 Å². The van der Waals surface area contributed by atoms with Crippen molar-refractivity contribution in [3.8, 4) is 0 Å². The highest BCUT2D eigenvalue weighted by atomic mass is 16.4. The molecule has 4 rings (SSSR count). The van der Waals surface area contributed by atoms with Crippen molar-refractivity contribution in [1.29, 1.82) is 0 Å². The van der Waals surface area contributed by atoms with E-state index in [-0.39, 0.29) is 17.7 Å². The van der Waals surface area contributed by atoms with Gasteiger partial charge >= 0.3 is 11.7 Å². The van der Waals surface area contributed by atoms with Crippen LogP contribution in [0.3, 0.4) is 0 Å². The average Bonchev–Trinajstić information content (AvgIpc) is 3.24. The first-order chi connectivity index (χ1) is 16.3. The second-order valence-corrected chi connectivity index (χ2v) is 8.44. The minimum absolute atomic E-state index is 0.0179. The van der Waals surface area contributed by atoms with Gasteiger partial charge < -0.3 is 20.4 Å². The van der Waals surface area contributed by atoms with E-state index >= 15 is 0 Å². The SMILES string of the molecule is CCC(C)C(NC(=O)C(Cc1c[nH]c2ccccc12)n1c(=O)[nH]c2ccccc2c1=O)C(=O)O. The Balaban J connectivity index is 1.84. The molecule has 9 heteroatoms. The van der Waals surface area contributed by atoms with E-state index in [1.54, 1.807) is 37.4 Å². The molecule has 0 bridgehead atoms. The molecule has 0 aliphatic heterocycles. The fraction of sp³-hybridized carbons (Fsp3) is 0.280. The molecule has 0 fully saturated rings. The van der Waals surface area contributed by atoms with Crippen molar-refractivity contribution < 1.29 is 14.7 Å². The Hall–Kier alpha value is -4.14. The van der Waals surface area contributed by atoms with Gasteiger partial charge in [0, 0.05) is 23.5 Å². The minimum Gasteiger partial charge on any atom is -0.480 e. The van der Waals surface area contributed by atoms with E-state index in [1.165, 1.54) is 0 Å². The van der Waals surface area contributed by atoms with Crippen molar-refractivity contribution in [2.24, 2.45) is 5.92 Å². The number of aromatic amines is 2. The number of carbonyl (C=O) groups is 2. The van der Waals surface area contributed by atoms with Crippen molar-refractivity contribution >= 4 is 33.7 Å². The lowest BCUT2D eigenvalue weighted by Gasteiger charge is -2.24. The zero-order valence-corrected chi connectivity index (χ0v) is 18.9. The van der Waals surface area contributed by atoms with Crippen molar-refractivity contribution in [2.75, 3.05) is 0 Å². The third kappa shape index (κ3) is 4.24. The maximum Gasteiger partial charge on any atom is 0.329 e. The third-order valence-corrected chi connectivity index (χ3v) is 6.32. The van der Waals surface area contributed by atoms with Crippen molar-refractivity contribution in [3.05, 3.63) is 81.1 Å². The van der Waals surface area contributed by atoms with Gasteiger partial charge in [-0.2, -0.15) is 0 Å². The summed E-state index contributed by atoms with van der Waals surface area (Å²) < 4.78 is 0.884. The summed E-state index contributed by atoms with van der Waals surface area (Å²) in [7, 11) is 0. The molecule has 3 atom stereocenters. The second kappa shape index (κ2) is 9.38. The molecule has 2 aromatic carbocycles. The zero-order chi connectivity index (χ0) is 24.4. The van der Waals surface area contributed by atoms with Crippen LogP contribution in [-0.4, -0.2) is 37.6 Å². The molecule has 0 saturated heterocycles. The molecular weight excluding hydrogens is 436 g/mol. The first kappa shape index (κ1) is 23.0. The molecule has 0 aliphatic rings. The summed E-state index contributed by atoms with van der Waals surface area (Å²) in [6.07, 6.45) is 2.28. The molecule has 176 valence electrons. The summed E-state index contributed by atoms with van der Waals surface area (Å²) in [6, 6.07) is 11.6. The van der Waals surface area contributed by atoms with Crippen LogP contribution in [0.5, 0.6) is 0 Å². The Labute approximate surface area is 194 Å². The summed E-state index contributed by atoms with van der Waals surface area (Å²) in [5.74, 6) is -2.23. The Morgan fingerprint density at radius 3 is 2.35 bits per heavy atom. The van der Waals surface area contributed by atoms with E-state index in [4.69, 9.17) is 0 Å². The Morgan fingerprint density at radius 2 is 1.68 bits per heavy atom. The number of hydrogen-bond donors (Lipinski definition) is 4. The number of nitrogens with zero attached hydrogens (tertiary/aromatic N) is 1. The molecule has 1 amide bonds. The number of H-pyrrole nitrogens is 2. The van der Waals surface area contributed by atoms with Crippen LogP contribution in [0.1, 0.15) is 31.9 Å². The normalized spacial score (nSPS) is 14.1. The molecule has 2 heterocycles. The molecule has 4 aromatic rings. The van der Waals surface area contributed by atoms with E-state index < -0.39 is 35.2 Å². The van der Waals surface area contributed by atoms with Crippen LogP contribution in [0.25, 0.3) is 21.8 Å². The number of benzene rings is 2. The lowest BCUT2D eigenvalue weighted by atomic mass is 9.98. The molecule has 3 unspecified atom stereocenters. The number of aromatic nitrogens is 3. The van der Waals surface area contributed by atoms with Gasteiger partial charge in [-0.15, -0.1) is 0 Å². The minimum atomic E-state index is -1.26. The highest BCUT2D eigenvalue weighted by Gasteiger charge is 2.32. The maximum atomic E-state index is 13.5. The number of rotatable bonds is 8. The number of carboxylic acids is 1. The number of aliphatic carboxylic acids is 1. The van der Waals surface area contributed by atoms with Gasteiger partial charge in [-0.25, -0.2) is 14.2 Å². The predicted octanol–water partition coefficient (Wildman–Crippen LogP) is 2.57. The molecule has 9 nitrogen and oxygen atoms in total. The molecule has 0 spiro atoms. The average molecular weight is 463 g/mol. The third-order valence-electron chi connectivity index (χ3n) is 6.32. The predicted molar refractivity (Wildman–Crippen MR) is 129 cm³/mol. The van der Waals surface area contributed by atoms with Crippen LogP contribution in [0, 0.1) is 5.92 Å². The highest BCUT2D eigenvalue weighted by Crippen LogP contribution is 2.23. The summed E-state index contributed by atoms with van der Waals surface area (Å²) in [5, 5.41) is 13.3. The van der Waals surface area contributed by atoms with Crippen molar-refractivity contribution in [1.82, 2.24) is 19.9 Å². The van der Waals surface area contributed by atoms with E-state index in [9.17, 15) is 24.3 Å². The summed E-state index contributed by atoms with van der Waals surface area (Å²) >= 11 is 0. The van der Waals surface area contributed by atoms with Gasteiger partial charge in [0.1, 0.15) is 12.1 Å². The van der Waals surface area contributed by atoms with Crippen LogP contribution >= 0.6 is 0 Å². The van der Waals surface area contributed by atoms with E-state index in [0.29, 0.717) is 11.9 Å². The number of fused-ring (bicyclic) bond motifs is 2. The highest BCUT2D eigenvalue weighted by molar-refractivity contribution is 5.88. The largest absolute Gasteiger partial charge is 0.480 e. The number of hydrogen-bond acceptors (Lipinski definition) is 4. The molecule has 0 aliphatic carbocycles. The zero-order valence-electron chi connectivity index (χ0n) is 18.9. The fourth-order valence-corrected chi connectivity index (χ4v) is 4.20. The van der Waals surface area contributed by atoms with Gasteiger partial charge in [0.05, 0.1) is 10.9 Å². The van der Waals surface area contributed by atoms with E-state index in [1.807, 2.05) is 31.2 Å². The van der Waals surface area contributed by atoms with Gasteiger partial charge in [0.25, 0.3) is 5.56 Å². The first-order valence-electron chi connectivity index (χ1n) is 11.1. The summed E-state index contributed by atoms with van der Waals surface area (Å²) in [6.45, 7) is 3.55. The van der Waals surface area contributed by atoms with Crippen molar-refractivity contribution in [2.45, 2.75) is 38.8 Å². The smallest absolute Gasteiger partial charge is 0.329 e. The van der Waals surface area contributed by atoms with Crippen molar-refractivity contribution in [3.63, 3.8) is 0 Å². The maximum absolute atomic E-state index is 13.5. The molecule has 0 radical (unpaired) electrons. The van der Waals surface area contributed by atoms with Crippen LogP contribution in [-0.2, 0) is 16.0 Å². The van der Waals surface area contributed by atoms with E-state index in [2.05, 4.69) is 15.3 Å². The van der Waals surface area contributed by atoms with Crippen LogP contribution in [0.2, 0.25) is 0 Å². The molecule has 34 heavy (non-hydrogen) atoms. The Kier molecular flexibility index (Phi) is 6.36. The second-order valence-electron chi connectivity index (χ2n) is 8.44. The lowest BCUT2D eigenvalue weighted by molar-refractivity contribution is -0.143. The molecule has 2 aromatic heterocycles. The Bertz CT molecular complexity index is 1480. The van der Waals surface area contributed by atoms with Gasteiger partial charge in [-0.05, 0) is 29.7 Å².